The van der Waals surface area contributed by atoms with Gasteiger partial charge in [-0.2, -0.15) is 14.4 Å². The lowest BCUT2D eigenvalue weighted by Gasteiger charge is -2.24. The number of fused-ring (bicyclic) bond motifs is 2. The molecular formula is C28H29FN6O4. The van der Waals surface area contributed by atoms with E-state index in [0.29, 0.717) is 12.1 Å². The average Bonchev–Trinajstić information content (AvgIpc) is 3.60. The Balaban J connectivity index is 1.33. The van der Waals surface area contributed by atoms with E-state index < -0.39 is 36.4 Å². The molecule has 2 aliphatic heterocycles. The van der Waals surface area contributed by atoms with E-state index in [2.05, 4.69) is 49.9 Å². The number of rotatable bonds is 7. The van der Waals surface area contributed by atoms with Crippen LogP contribution in [0.4, 0.5) is 10.2 Å². The highest BCUT2D eigenvalue weighted by atomic mass is 19.1. The van der Waals surface area contributed by atoms with Gasteiger partial charge in [0.2, 0.25) is 0 Å². The Morgan fingerprint density at radius 3 is 2.31 bits per heavy atom. The second-order valence-electron chi connectivity index (χ2n) is 10.0. The first-order chi connectivity index (χ1) is 18.8. The molecule has 2 aromatic heterocycles. The number of benzene rings is 2. The Labute approximate surface area is 224 Å². The van der Waals surface area contributed by atoms with Gasteiger partial charge in [0.15, 0.2) is 35.1 Å². The van der Waals surface area contributed by atoms with Crippen LogP contribution in [0.5, 0.6) is 0 Å². The standard InChI is InChI=1S/C28H29FN6O4/c1-28(2)38-20-21(25(36)30-3)37-26(22(20)39-28)35-15-32-19-23(33-27(29)34-24(19)35)31-14-18(16-10-6-4-7-11-16)17-12-8-5-9-13-17/h4-13,15,18,20-22,26H,14H2,1-3H3,(H,30,36)(H,31,33,34)/t20-,21+,22-,26-/m1/s1. The number of aromatic nitrogens is 4. The largest absolute Gasteiger partial charge is 0.367 e. The summed E-state index contributed by atoms with van der Waals surface area (Å²) in [7, 11) is 1.53. The second-order valence-corrected chi connectivity index (χ2v) is 10.0. The zero-order chi connectivity index (χ0) is 27.1. The lowest BCUT2D eigenvalue weighted by atomic mass is 9.91. The molecule has 0 unspecified atom stereocenters. The Bertz CT molecular complexity index is 1440. The Hall–Kier alpha value is -3.93. The van der Waals surface area contributed by atoms with Crippen LogP contribution in [-0.2, 0) is 19.0 Å². The van der Waals surface area contributed by atoms with Gasteiger partial charge in [0.25, 0.3) is 5.91 Å². The molecule has 0 spiro atoms. The van der Waals surface area contributed by atoms with Crippen molar-refractivity contribution >= 4 is 22.9 Å². The van der Waals surface area contributed by atoms with E-state index in [1.54, 1.807) is 18.4 Å². The second kappa shape index (κ2) is 9.99. The number of nitrogens with one attached hydrogen (secondary N) is 2. The van der Waals surface area contributed by atoms with Crippen LogP contribution in [-0.4, -0.2) is 63.1 Å². The maximum atomic E-state index is 14.8. The summed E-state index contributed by atoms with van der Waals surface area (Å²) < 4.78 is 34.5. The zero-order valence-corrected chi connectivity index (χ0v) is 21.7. The third kappa shape index (κ3) is 4.73. The molecule has 4 atom stereocenters. The van der Waals surface area contributed by atoms with Crippen LogP contribution in [0.15, 0.2) is 67.0 Å². The number of nitrogens with zero attached hydrogens (tertiary/aromatic N) is 4. The molecule has 0 bridgehead atoms. The van der Waals surface area contributed by atoms with Crippen molar-refractivity contribution in [2.75, 3.05) is 18.9 Å². The SMILES string of the molecule is CNC(=O)[C@H]1O[C@@H](n2cnc3c(NCC(c4ccccc4)c4ccccc4)nc(F)nc32)[C@@H]2OC(C)(C)O[C@@H]21. The van der Waals surface area contributed by atoms with Gasteiger partial charge < -0.3 is 24.8 Å². The van der Waals surface area contributed by atoms with E-state index in [9.17, 15) is 9.18 Å². The number of anilines is 1. The smallest absolute Gasteiger partial charge is 0.312 e. The molecule has 10 nitrogen and oxygen atoms in total. The first-order valence-electron chi connectivity index (χ1n) is 12.8. The Kier molecular flexibility index (Phi) is 6.49. The van der Waals surface area contributed by atoms with Crippen molar-refractivity contribution in [1.29, 1.82) is 0 Å². The summed E-state index contributed by atoms with van der Waals surface area (Å²) in [5.41, 5.74) is 2.81. The van der Waals surface area contributed by atoms with Gasteiger partial charge in [-0.05, 0) is 25.0 Å². The number of carbonyl (C=O) groups excluding carboxylic acids is 1. The molecule has 0 saturated carbocycles. The van der Waals surface area contributed by atoms with Crippen molar-refractivity contribution in [2.45, 2.75) is 50.1 Å². The lowest BCUT2D eigenvalue weighted by molar-refractivity contribution is -0.197. The average molecular weight is 533 g/mol. The molecule has 2 saturated heterocycles. The summed E-state index contributed by atoms with van der Waals surface area (Å²) in [4.78, 5) is 25.1. The summed E-state index contributed by atoms with van der Waals surface area (Å²) in [5, 5.41) is 5.90. The summed E-state index contributed by atoms with van der Waals surface area (Å²) in [6.07, 6.45) is -2.42. The zero-order valence-electron chi connectivity index (χ0n) is 21.7. The fraction of sp³-hybridized carbons (Fsp3) is 0.357. The van der Waals surface area contributed by atoms with Crippen molar-refractivity contribution in [3.63, 3.8) is 0 Å². The van der Waals surface area contributed by atoms with Crippen molar-refractivity contribution in [1.82, 2.24) is 24.8 Å². The Morgan fingerprint density at radius 2 is 1.67 bits per heavy atom. The molecule has 0 aliphatic carbocycles. The number of likely N-dealkylation sites (N-methyl/N-ethyl adjacent to an activating group) is 1. The van der Waals surface area contributed by atoms with Crippen LogP contribution in [0.2, 0.25) is 0 Å². The first-order valence-corrected chi connectivity index (χ1v) is 12.8. The minimum Gasteiger partial charge on any atom is -0.367 e. The van der Waals surface area contributed by atoms with Gasteiger partial charge in [-0.1, -0.05) is 60.7 Å². The topological polar surface area (TPSA) is 112 Å². The van der Waals surface area contributed by atoms with Gasteiger partial charge in [0, 0.05) is 19.5 Å². The molecule has 6 rings (SSSR count). The third-order valence-corrected chi connectivity index (χ3v) is 7.08. The molecule has 4 heterocycles. The van der Waals surface area contributed by atoms with Crippen molar-refractivity contribution < 1.29 is 23.4 Å². The third-order valence-electron chi connectivity index (χ3n) is 7.08. The molecule has 11 heteroatoms. The van der Waals surface area contributed by atoms with E-state index in [0.717, 1.165) is 11.1 Å². The summed E-state index contributed by atoms with van der Waals surface area (Å²) in [5.74, 6) is -1.01. The van der Waals surface area contributed by atoms with Crippen LogP contribution in [0.1, 0.15) is 37.1 Å². The molecule has 1 amide bonds. The molecule has 4 aromatic rings. The van der Waals surface area contributed by atoms with Crippen LogP contribution in [0.3, 0.4) is 0 Å². The van der Waals surface area contributed by atoms with E-state index in [1.807, 2.05) is 36.4 Å². The number of halogens is 1. The van der Waals surface area contributed by atoms with Crippen molar-refractivity contribution in [3.05, 3.63) is 84.2 Å². The molecule has 2 aliphatic rings. The van der Waals surface area contributed by atoms with Gasteiger partial charge in [-0.3, -0.25) is 9.36 Å². The monoisotopic (exact) mass is 532 g/mol. The number of hydrogen-bond acceptors (Lipinski definition) is 8. The summed E-state index contributed by atoms with van der Waals surface area (Å²) in [6, 6.07) is 20.2. The number of imidazole rings is 1. The maximum absolute atomic E-state index is 14.8. The van der Waals surface area contributed by atoms with Gasteiger partial charge in [0.05, 0.1) is 6.33 Å². The molecule has 2 fully saturated rings. The number of carbonyl (C=O) groups is 1. The first kappa shape index (κ1) is 25.4. The molecule has 0 radical (unpaired) electrons. The highest BCUT2D eigenvalue weighted by Gasteiger charge is 2.58. The molecular weight excluding hydrogens is 503 g/mol. The molecule has 2 aromatic carbocycles. The molecule has 202 valence electrons. The predicted octanol–water partition coefficient (Wildman–Crippen LogP) is 3.37. The van der Waals surface area contributed by atoms with Gasteiger partial charge in [0.1, 0.15) is 12.2 Å². The fourth-order valence-electron chi connectivity index (χ4n) is 5.35. The fourth-order valence-corrected chi connectivity index (χ4v) is 5.35. The molecule has 2 N–H and O–H groups in total. The molecule has 39 heavy (non-hydrogen) atoms. The van der Waals surface area contributed by atoms with E-state index in [4.69, 9.17) is 14.2 Å². The van der Waals surface area contributed by atoms with Crippen molar-refractivity contribution in [2.24, 2.45) is 0 Å². The minimum atomic E-state index is -0.920. The Morgan fingerprint density at radius 1 is 1.03 bits per heavy atom. The van der Waals surface area contributed by atoms with Gasteiger partial charge in [-0.15, -0.1) is 0 Å². The lowest BCUT2D eigenvalue weighted by Crippen LogP contribution is -2.41. The highest BCUT2D eigenvalue weighted by Crippen LogP contribution is 2.44. The minimum absolute atomic E-state index is 0.0129. The van der Waals surface area contributed by atoms with Crippen LogP contribution in [0.25, 0.3) is 11.2 Å². The van der Waals surface area contributed by atoms with Crippen LogP contribution >= 0.6 is 0 Å². The van der Waals surface area contributed by atoms with Crippen LogP contribution in [0, 0.1) is 6.08 Å². The summed E-state index contributed by atoms with van der Waals surface area (Å²) >= 11 is 0. The summed E-state index contributed by atoms with van der Waals surface area (Å²) in [6.45, 7) is 3.99. The number of hydrogen-bond donors (Lipinski definition) is 2. The van der Waals surface area contributed by atoms with Crippen LogP contribution < -0.4 is 10.6 Å². The quantitative estimate of drug-likeness (QED) is 0.349. The van der Waals surface area contributed by atoms with Gasteiger partial charge >= 0.3 is 6.08 Å². The van der Waals surface area contributed by atoms with E-state index in [1.165, 1.54) is 13.4 Å². The normalized spacial score (nSPS) is 23.7. The van der Waals surface area contributed by atoms with Crippen molar-refractivity contribution in [3.8, 4) is 0 Å². The number of ether oxygens (including phenoxy) is 3. The maximum Gasteiger partial charge on any atom is 0.312 e. The van der Waals surface area contributed by atoms with E-state index in [-0.39, 0.29) is 23.3 Å². The highest BCUT2D eigenvalue weighted by molar-refractivity contribution is 5.83. The van der Waals surface area contributed by atoms with Gasteiger partial charge in [-0.25, -0.2) is 4.98 Å². The predicted molar refractivity (Wildman–Crippen MR) is 140 cm³/mol. The number of amides is 1. The van der Waals surface area contributed by atoms with E-state index >= 15 is 0 Å².